The summed E-state index contributed by atoms with van der Waals surface area (Å²) < 4.78 is 11.0. The molecule has 0 bridgehead atoms. The number of carbonyl (C=O) groups is 3. The number of hydroxylamine groups is 2. The summed E-state index contributed by atoms with van der Waals surface area (Å²) in [6.45, 7) is 0.666. The molecule has 13 nitrogen and oxygen atoms in total. The molecular weight excluding hydrogens is 789 g/mol. The maximum absolute atomic E-state index is 14.1. The fraction of sp³-hybridized carbons (Fsp3) is 0.250. The van der Waals surface area contributed by atoms with Crippen LogP contribution in [0.2, 0.25) is 0 Å². The van der Waals surface area contributed by atoms with Gasteiger partial charge in [0.2, 0.25) is 0 Å². The van der Waals surface area contributed by atoms with Crippen LogP contribution in [0.1, 0.15) is 34.4 Å². The van der Waals surface area contributed by atoms with Gasteiger partial charge in [-0.3, -0.25) is 19.3 Å². The van der Waals surface area contributed by atoms with Crippen LogP contribution in [0, 0.1) is 0 Å². The number of methoxy groups -OCH3 is 1. The monoisotopic (exact) mass is 830 g/mol. The zero-order valence-corrected chi connectivity index (χ0v) is 34.2. The lowest BCUT2D eigenvalue weighted by Gasteiger charge is -2.50. The summed E-state index contributed by atoms with van der Waals surface area (Å²) in [7, 11) is 4.75. The van der Waals surface area contributed by atoms with Gasteiger partial charge in [0, 0.05) is 30.3 Å². The third-order valence-electron chi connectivity index (χ3n) is 10.5. The number of oxime groups is 1. The van der Waals surface area contributed by atoms with Crippen LogP contribution >= 0.6 is 23.1 Å². The SMILES string of the molecule is CO/N=C(\C(=O)NC1C(=O)N2C(C(=O)OCc3ccc(OC)cc3)=C([C@H]3CCN(C)O3)CSC12)c1csc(NC(c2ccccc2)(c2ccccc2)c2ccccc2)n1. The molecule has 0 spiro atoms. The summed E-state index contributed by atoms with van der Waals surface area (Å²) in [5.41, 5.74) is 3.86. The first-order chi connectivity index (χ1) is 28.8. The lowest BCUT2D eigenvalue weighted by atomic mass is 9.77. The van der Waals surface area contributed by atoms with Crippen LogP contribution in [-0.4, -0.2) is 89.5 Å². The standard InChI is InChI=1S/C44H42N6O7S2/c1-49-24-23-35(57-49)33-26-58-41-37(40(52)50(41)38(33)42(53)56-25-28-19-21-32(54-2)22-20-28)46-39(51)36(48-55-3)34-27-59-43(45-34)47-44(29-13-7-4-8-14-29,30-15-9-5-10-16-30)31-17-11-6-12-18-31/h4-22,27,35,37,41H,23-26H2,1-3H3,(H,45,47)(H,46,51)/b48-36-/t35-,37?,41?/m1/s1. The van der Waals surface area contributed by atoms with Gasteiger partial charge in [0.25, 0.3) is 11.8 Å². The number of nitrogens with zero attached hydrogens (tertiary/aromatic N) is 4. The van der Waals surface area contributed by atoms with Gasteiger partial charge in [0.05, 0.1) is 7.11 Å². The lowest BCUT2D eigenvalue weighted by Crippen LogP contribution is -2.71. The van der Waals surface area contributed by atoms with E-state index in [1.165, 1.54) is 35.1 Å². The average molecular weight is 831 g/mol. The Kier molecular flexibility index (Phi) is 11.8. The fourth-order valence-corrected chi connectivity index (χ4v) is 9.72. The Morgan fingerprint density at radius 3 is 2.10 bits per heavy atom. The second kappa shape index (κ2) is 17.5. The molecule has 15 heteroatoms. The molecule has 2 saturated heterocycles. The van der Waals surface area contributed by atoms with Gasteiger partial charge in [-0.15, -0.1) is 23.1 Å². The van der Waals surface area contributed by atoms with Crippen molar-refractivity contribution < 1.29 is 33.5 Å². The summed E-state index contributed by atoms with van der Waals surface area (Å²) in [6.07, 6.45) is 0.259. The first-order valence-corrected chi connectivity index (χ1v) is 20.9. The van der Waals surface area contributed by atoms with Crippen LogP contribution < -0.4 is 15.4 Å². The smallest absolute Gasteiger partial charge is 0.355 e. The minimum atomic E-state index is -0.953. The van der Waals surface area contributed by atoms with Gasteiger partial charge in [-0.05, 0) is 40.8 Å². The quantitative estimate of drug-likeness (QED) is 0.0452. The molecule has 3 aliphatic heterocycles. The first kappa shape index (κ1) is 39.8. The van der Waals surface area contributed by atoms with Crippen LogP contribution in [0.15, 0.2) is 137 Å². The van der Waals surface area contributed by atoms with Gasteiger partial charge < -0.3 is 24.9 Å². The second-order valence-electron chi connectivity index (χ2n) is 14.0. The van der Waals surface area contributed by atoms with Crippen LogP contribution in [0.5, 0.6) is 5.75 Å². The summed E-state index contributed by atoms with van der Waals surface area (Å²) in [5, 5.41) is 14.1. The van der Waals surface area contributed by atoms with Gasteiger partial charge in [-0.1, -0.05) is 108 Å². The number of fused-ring (bicyclic) bond motifs is 1. The predicted molar refractivity (Wildman–Crippen MR) is 225 cm³/mol. The van der Waals surface area contributed by atoms with Gasteiger partial charge in [-0.2, -0.15) is 5.06 Å². The molecule has 2 amide bonds. The number of thiazole rings is 1. The van der Waals surface area contributed by atoms with Crippen molar-refractivity contribution in [2.75, 3.05) is 38.9 Å². The Hall–Kier alpha value is -6.00. The second-order valence-corrected chi connectivity index (χ2v) is 16.0. The topological polar surface area (TPSA) is 144 Å². The molecule has 3 aliphatic rings. The summed E-state index contributed by atoms with van der Waals surface area (Å²) in [5.74, 6) is -0.660. The minimum Gasteiger partial charge on any atom is -0.497 e. The molecule has 5 aromatic rings. The molecule has 0 aliphatic carbocycles. The molecule has 4 heterocycles. The summed E-state index contributed by atoms with van der Waals surface area (Å²) >= 11 is 2.76. The van der Waals surface area contributed by atoms with Gasteiger partial charge in [0.15, 0.2) is 10.8 Å². The molecule has 2 fully saturated rings. The maximum Gasteiger partial charge on any atom is 0.355 e. The number of aromatic nitrogens is 1. The Balaban J connectivity index is 1.03. The predicted octanol–water partition coefficient (Wildman–Crippen LogP) is 5.94. The van der Waals surface area contributed by atoms with E-state index in [0.717, 1.165) is 22.3 Å². The van der Waals surface area contributed by atoms with E-state index in [4.69, 9.17) is 24.1 Å². The zero-order chi connectivity index (χ0) is 40.9. The molecule has 8 rings (SSSR count). The van der Waals surface area contributed by atoms with E-state index in [1.54, 1.807) is 29.7 Å². The van der Waals surface area contributed by atoms with Crippen molar-refractivity contribution in [1.29, 1.82) is 0 Å². The van der Waals surface area contributed by atoms with E-state index < -0.39 is 40.8 Å². The fourth-order valence-electron chi connectivity index (χ4n) is 7.56. The van der Waals surface area contributed by atoms with Crippen molar-refractivity contribution in [3.8, 4) is 5.75 Å². The van der Waals surface area contributed by atoms with Gasteiger partial charge >= 0.3 is 5.97 Å². The number of thioether (sulfide) groups is 1. The molecule has 0 saturated carbocycles. The number of carbonyl (C=O) groups excluding carboxylic acids is 3. The molecule has 1 aromatic heterocycles. The molecule has 2 N–H and O–H groups in total. The van der Waals surface area contributed by atoms with Crippen molar-refractivity contribution in [3.63, 3.8) is 0 Å². The van der Waals surface area contributed by atoms with E-state index >= 15 is 0 Å². The molecule has 0 radical (unpaired) electrons. The number of amides is 2. The average Bonchev–Trinajstić information content (AvgIpc) is 3.94. The Morgan fingerprint density at radius 2 is 1.54 bits per heavy atom. The van der Waals surface area contributed by atoms with Crippen LogP contribution in [0.25, 0.3) is 0 Å². The Labute approximate surface area is 350 Å². The van der Waals surface area contributed by atoms with E-state index in [9.17, 15) is 14.4 Å². The number of hydrogen-bond acceptors (Lipinski definition) is 13. The van der Waals surface area contributed by atoms with Crippen molar-refractivity contribution in [2.24, 2.45) is 5.16 Å². The van der Waals surface area contributed by atoms with Crippen LogP contribution in [0.3, 0.4) is 0 Å². The Morgan fingerprint density at radius 1 is 0.915 bits per heavy atom. The Bertz CT molecular complexity index is 2260. The van der Waals surface area contributed by atoms with Crippen molar-refractivity contribution in [3.05, 3.63) is 160 Å². The highest BCUT2D eigenvalue weighted by Crippen LogP contribution is 2.44. The largest absolute Gasteiger partial charge is 0.497 e. The summed E-state index contributed by atoms with van der Waals surface area (Å²) in [4.78, 5) is 59.3. The van der Waals surface area contributed by atoms with Crippen molar-refractivity contribution >= 4 is 51.7 Å². The third-order valence-corrected chi connectivity index (χ3v) is 12.5. The van der Waals surface area contributed by atoms with Gasteiger partial charge in [-0.25, -0.2) is 9.78 Å². The van der Waals surface area contributed by atoms with E-state index in [0.29, 0.717) is 35.2 Å². The maximum atomic E-state index is 14.1. The van der Waals surface area contributed by atoms with E-state index in [1.807, 2.05) is 73.8 Å². The van der Waals surface area contributed by atoms with Crippen LogP contribution in [-0.2, 0) is 40.9 Å². The third kappa shape index (κ3) is 7.93. The zero-order valence-electron chi connectivity index (χ0n) is 32.6. The van der Waals surface area contributed by atoms with Gasteiger partial charge in [0.1, 0.15) is 53.9 Å². The first-order valence-electron chi connectivity index (χ1n) is 19.0. The van der Waals surface area contributed by atoms with E-state index in [-0.39, 0.29) is 23.7 Å². The number of rotatable bonds is 14. The highest BCUT2D eigenvalue weighted by molar-refractivity contribution is 8.00. The molecule has 2 unspecified atom stereocenters. The molecule has 302 valence electrons. The van der Waals surface area contributed by atoms with E-state index in [2.05, 4.69) is 52.2 Å². The number of benzene rings is 4. The highest BCUT2D eigenvalue weighted by Gasteiger charge is 2.56. The molecular formula is C44H42N6O7S2. The summed E-state index contributed by atoms with van der Waals surface area (Å²) in [6, 6.07) is 36.6. The number of β-lactam (4-membered cyclic amide) rings is 1. The van der Waals surface area contributed by atoms with Crippen LogP contribution in [0.4, 0.5) is 5.13 Å². The molecule has 4 aromatic carbocycles. The number of anilines is 1. The number of nitrogens with one attached hydrogen (secondary N) is 2. The highest BCUT2D eigenvalue weighted by atomic mass is 32.2. The number of hydrogen-bond donors (Lipinski definition) is 2. The number of ether oxygens (including phenoxy) is 2. The number of esters is 1. The minimum absolute atomic E-state index is 0.00443. The normalized spacial score (nSPS) is 19.4. The molecule has 3 atom stereocenters. The van der Waals surface area contributed by atoms with Crippen molar-refractivity contribution in [1.82, 2.24) is 20.3 Å². The van der Waals surface area contributed by atoms with Crippen molar-refractivity contribution in [2.45, 2.75) is 36.1 Å². The lowest BCUT2D eigenvalue weighted by molar-refractivity contribution is -0.154. The molecule has 59 heavy (non-hydrogen) atoms.